The fourth-order valence-corrected chi connectivity index (χ4v) is 3.34. The first-order valence-electron chi connectivity index (χ1n) is 8.39. The van der Waals surface area contributed by atoms with Crippen LogP contribution in [0.1, 0.15) is 40.4 Å². The summed E-state index contributed by atoms with van der Waals surface area (Å²) < 4.78 is 0. The van der Waals surface area contributed by atoms with Gasteiger partial charge in [-0.05, 0) is 42.9 Å². The van der Waals surface area contributed by atoms with Crippen molar-refractivity contribution in [1.82, 2.24) is 4.90 Å². The summed E-state index contributed by atoms with van der Waals surface area (Å²) >= 11 is 0. The second-order valence-electron chi connectivity index (χ2n) is 6.46. The number of likely N-dealkylation sites (tertiary alicyclic amines) is 1. The van der Waals surface area contributed by atoms with Gasteiger partial charge in [0, 0.05) is 13.1 Å². The fraction of sp³-hybridized carbons (Fsp3) is 0.350. The van der Waals surface area contributed by atoms with Gasteiger partial charge < -0.3 is 15.1 Å². The molecule has 1 aliphatic rings. The van der Waals surface area contributed by atoms with Crippen LogP contribution in [0.2, 0.25) is 0 Å². The standard InChI is InChI=1S/C20H23NO3/c1-14-6-5-9-17(18(14)22)20(24)21-12-10-16(11-13-21)19(23)15-7-3-2-4-8-15/h2-9,16,19,22-23H,10-13H2,1H3. The molecule has 0 aromatic heterocycles. The lowest BCUT2D eigenvalue weighted by atomic mass is 9.87. The predicted octanol–water partition coefficient (Wildman–Crippen LogP) is 3.29. The molecule has 1 amide bonds. The van der Waals surface area contributed by atoms with E-state index in [1.165, 1.54) is 0 Å². The third-order valence-electron chi connectivity index (χ3n) is 4.88. The van der Waals surface area contributed by atoms with Gasteiger partial charge in [0.25, 0.3) is 5.91 Å². The number of hydrogen-bond acceptors (Lipinski definition) is 3. The number of carbonyl (C=O) groups is 1. The number of aromatic hydroxyl groups is 1. The third kappa shape index (κ3) is 3.29. The Bertz CT molecular complexity index is 706. The number of phenolic OH excluding ortho intramolecular Hbond substituents is 1. The van der Waals surface area contributed by atoms with E-state index in [0.717, 1.165) is 18.4 Å². The number of carbonyl (C=O) groups excluding carboxylic acids is 1. The maximum Gasteiger partial charge on any atom is 0.257 e. The number of aliphatic hydroxyl groups is 1. The number of aryl methyl sites for hydroxylation is 1. The Labute approximate surface area is 142 Å². The number of phenols is 1. The molecule has 4 heteroatoms. The van der Waals surface area contributed by atoms with Gasteiger partial charge in [0.05, 0.1) is 11.7 Å². The van der Waals surface area contributed by atoms with E-state index in [4.69, 9.17) is 0 Å². The number of nitrogens with zero attached hydrogens (tertiary/aromatic N) is 1. The predicted molar refractivity (Wildman–Crippen MR) is 92.9 cm³/mol. The van der Waals surface area contributed by atoms with E-state index in [1.807, 2.05) is 30.3 Å². The second-order valence-corrected chi connectivity index (χ2v) is 6.46. The maximum atomic E-state index is 12.6. The van der Waals surface area contributed by atoms with E-state index in [2.05, 4.69) is 0 Å². The summed E-state index contributed by atoms with van der Waals surface area (Å²) in [4.78, 5) is 14.4. The highest BCUT2D eigenvalue weighted by atomic mass is 16.3. The molecular weight excluding hydrogens is 302 g/mol. The molecule has 1 aliphatic heterocycles. The minimum absolute atomic E-state index is 0.0638. The van der Waals surface area contributed by atoms with Gasteiger partial charge in [0.2, 0.25) is 0 Å². The highest BCUT2D eigenvalue weighted by molar-refractivity contribution is 5.97. The molecule has 0 spiro atoms. The number of aliphatic hydroxyl groups excluding tert-OH is 1. The van der Waals surface area contributed by atoms with Gasteiger partial charge >= 0.3 is 0 Å². The highest BCUT2D eigenvalue weighted by Crippen LogP contribution is 2.32. The molecule has 0 aliphatic carbocycles. The highest BCUT2D eigenvalue weighted by Gasteiger charge is 2.29. The van der Waals surface area contributed by atoms with E-state index in [9.17, 15) is 15.0 Å². The Balaban J connectivity index is 1.65. The van der Waals surface area contributed by atoms with Crippen LogP contribution >= 0.6 is 0 Å². The zero-order chi connectivity index (χ0) is 17.1. The van der Waals surface area contributed by atoms with Crippen LogP contribution < -0.4 is 0 Å². The van der Waals surface area contributed by atoms with Gasteiger partial charge in [-0.25, -0.2) is 0 Å². The van der Waals surface area contributed by atoms with Crippen molar-refractivity contribution < 1.29 is 15.0 Å². The van der Waals surface area contributed by atoms with Crippen LogP contribution in [0.15, 0.2) is 48.5 Å². The Kier molecular flexibility index (Phi) is 4.86. The summed E-state index contributed by atoms with van der Waals surface area (Å²) in [5.74, 6) is 0.0837. The maximum absolute atomic E-state index is 12.6. The van der Waals surface area contributed by atoms with Gasteiger partial charge in [0.1, 0.15) is 5.75 Å². The largest absolute Gasteiger partial charge is 0.507 e. The van der Waals surface area contributed by atoms with Crippen LogP contribution in [0, 0.1) is 12.8 Å². The van der Waals surface area contributed by atoms with Gasteiger partial charge in [-0.2, -0.15) is 0 Å². The molecule has 0 radical (unpaired) electrons. The van der Waals surface area contributed by atoms with Crippen LogP contribution in [-0.2, 0) is 0 Å². The minimum Gasteiger partial charge on any atom is -0.507 e. The molecule has 3 rings (SSSR count). The quantitative estimate of drug-likeness (QED) is 0.910. The van der Waals surface area contributed by atoms with Crippen molar-refractivity contribution in [1.29, 1.82) is 0 Å². The van der Waals surface area contributed by atoms with Crippen LogP contribution in [0.25, 0.3) is 0 Å². The zero-order valence-electron chi connectivity index (χ0n) is 13.9. The third-order valence-corrected chi connectivity index (χ3v) is 4.88. The van der Waals surface area contributed by atoms with E-state index in [0.29, 0.717) is 24.2 Å². The fourth-order valence-electron chi connectivity index (χ4n) is 3.34. The topological polar surface area (TPSA) is 60.8 Å². The monoisotopic (exact) mass is 325 g/mol. The Morgan fingerprint density at radius 3 is 2.42 bits per heavy atom. The second kappa shape index (κ2) is 7.05. The van der Waals surface area contributed by atoms with E-state index >= 15 is 0 Å². The Morgan fingerprint density at radius 2 is 1.75 bits per heavy atom. The summed E-state index contributed by atoms with van der Waals surface area (Å²) in [5.41, 5.74) is 1.99. The first-order chi connectivity index (χ1) is 11.6. The summed E-state index contributed by atoms with van der Waals surface area (Å²) in [6.07, 6.45) is 1.03. The van der Waals surface area contributed by atoms with Crippen molar-refractivity contribution in [3.63, 3.8) is 0 Å². The number of rotatable bonds is 3. The summed E-state index contributed by atoms with van der Waals surface area (Å²) in [6, 6.07) is 14.9. The summed E-state index contributed by atoms with van der Waals surface area (Å²) in [7, 11) is 0. The molecule has 1 heterocycles. The first-order valence-corrected chi connectivity index (χ1v) is 8.39. The molecule has 4 nitrogen and oxygen atoms in total. The van der Waals surface area contributed by atoms with Gasteiger partial charge in [-0.3, -0.25) is 4.79 Å². The first kappa shape index (κ1) is 16.5. The lowest BCUT2D eigenvalue weighted by Crippen LogP contribution is -2.39. The molecule has 126 valence electrons. The molecule has 1 fully saturated rings. The van der Waals surface area contributed by atoms with E-state index < -0.39 is 6.10 Å². The van der Waals surface area contributed by atoms with Gasteiger partial charge in [-0.1, -0.05) is 42.5 Å². The number of piperidine rings is 1. The van der Waals surface area contributed by atoms with Crippen molar-refractivity contribution in [3.05, 3.63) is 65.2 Å². The van der Waals surface area contributed by atoms with Crippen LogP contribution in [-0.4, -0.2) is 34.1 Å². The zero-order valence-corrected chi connectivity index (χ0v) is 13.9. The number of hydrogen-bond donors (Lipinski definition) is 2. The van der Waals surface area contributed by atoms with Crippen LogP contribution in [0.4, 0.5) is 0 Å². The van der Waals surface area contributed by atoms with Crippen LogP contribution in [0.5, 0.6) is 5.75 Å². The van der Waals surface area contributed by atoms with Crippen molar-refractivity contribution in [2.45, 2.75) is 25.9 Å². The van der Waals surface area contributed by atoms with E-state index in [1.54, 1.807) is 30.0 Å². The van der Waals surface area contributed by atoms with Crippen molar-refractivity contribution >= 4 is 5.91 Å². The number of para-hydroxylation sites is 1. The summed E-state index contributed by atoms with van der Waals surface area (Å²) in [5, 5.41) is 20.6. The number of amides is 1. The molecule has 1 unspecified atom stereocenters. The molecule has 0 saturated carbocycles. The van der Waals surface area contributed by atoms with Crippen molar-refractivity contribution in [2.24, 2.45) is 5.92 Å². The van der Waals surface area contributed by atoms with E-state index in [-0.39, 0.29) is 17.6 Å². The molecule has 2 N–H and O–H groups in total. The summed E-state index contributed by atoms with van der Waals surface area (Å²) in [6.45, 7) is 2.98. The molecule has 0 bridgehead atoms. The molecular formula is C20H23NO3. The molecule has 2 aromatic carbocycles. The molecule has 1 saturated heterocycles. The average molecular weight is 325 g/mol. The molecule has 1 atom stereocenters. The Morgan fingerprint density at radius 1 is 1.08 bits per heavy atom. The normalized spacial score (nSPS) is 16.8. The van der Waals surface area contributed by atoms with Gasteiger partial charge in [0.15, 0.2) is 0 Å². The van der Waals surface area contributed by atoms with Gasteiger partial charge in [-0.15, -0.1) is 0 Å². The SMILES string of the molecule is Cc1cccc(C(=O)N2CCC(C(O)c3ccccc3)CC2)c1O. The minimum atomic E-state index is -0.490. The lowest BCUT2D eigenvalue weighted by molar-refractivity contribution is 0.0460. The Hall–Kier alpha value is -2.33. The molecule has 24 heavy (non-hydrogen) atoms. The van der Waals surface area contributed by atoms with Crippen LogP contribution in [0.3, 0.4) is 0 Å². The number of benzene rings is 2. The lowest BCUT2D eigenvalue weighted by Gasteiger charge is -2.34. The average Bonchev–Trinajstić information content (AvgIpc) is 2.64. The van der Waals surface area contributed by atoms with Crippen molar-refractivity contribution in [2.75, 3.05) is 13.1 Å². The molecule has 2 aromatic rings. The van der Waals surface area contributed by atoms with Crippen molar-refractivity contribution in [3.8, 4) is 5.75 Å². The smallest absolute Gasteiger partial charge is 0.257 e.